The van der Waals surface area contributed by atoms with Crippen LogP contribution in [0.2, 0.25) is 0 Å². The van der Waals surface area contributed by atoms with E-state index in [-0.39, 0.29) is 12.2 Å². The van der Waals surface area contributed by atoms with Crippen LogP contribution in [0.15, 0.2) is 41.1 Å². The van der Waals surface area contributed by atoms with Gasteiger partial charge in [0.15, 0.2) is 11.5 Å². The van der Waals surface area contributed by atoms with Gasteiger partial charge in [0.05, 0.1) is 6.20 Å². The van der Waals surface area contributed by atoms with E-state index >= 15 is 0 Å². The lowest BCUT2D eigenvalue weighted by Gasteiger charge is -1.92. The van der Waals surface area contributed by atoms with Gasteiger partial charge in [0.1, 0.15) is 6.54 Å². The smallest absolute Gasteiger partial charge is 0.358 e. The number of carboxylic acid groups (broad SMARTS) is 1. The van der Waals surface area contributed by atoms with Crippen LogP contribution in [0.4, 0.5) is 0 Å². The largest absolute Gasteiger partial charge is 0.476 e. The van der Waals surface area contributed by atoms with Gasteiger partial charge in [-0.1, -0.05) is 28.6 Å². The molecule has 100 valence electrons. The average molecular weight is 271 g/mol. The molecule has 2 heterocycles. The topological polar surface area (TPSA) is 107 Å². The minimum absolute atomic E-state index is 0.128. The van der Waals surface area contributed by atoms with Gasteiger partial charge >= 0.3 is 5.97 Å². The molecule has 0 aliphatic rings. The van der Waals surface area contributed by atoms with E-state index in [0.29, 0.717) is 11.7 Å². The first-order valence-corrected chi connectivity index (χ1v) is 5.74. The molecule has 8 heteroatoms. The fourth-order valence-corrected chi connectivity index (χ4v) is 1.63. The average Bonchev–Trinajstić information content (AvgIpc) is 3.10. The molecule has 0 saturated heterocycles. The van der Waals surface area contributed by atoms with Crippen molar-refractivity contribution in [2.24, 2.45) is 0 Å². The lowest BCUT2D eigenvalue weighted by molar-refractivity contribution is 0.0690. The van der Waals surface area contributed by atoms with Crippen LogP contribution in [0.25, 0.3) is 11.5 Å². The van der Waals surface area contributed by atoms with Gasteiger partial charge in [-0.2, -0.15) is 4.98 Å². The third-order valence-corrected chi connectivity index (χ3v) is 2.55. The lowest BCUT2D eigenvalue weighted by Crippen LogP contribution is -2.02. The van der Waals surface area contributed by atoms with E-state index in [2.05, 4.69) is 20.5 Å². The number of benzene rings is 1. The van der Waals surface area contributed by atoms with Gasteiger partial charge in [0.2, 0.25) is 0 Å². The summed E-state index contributed by atoms with van der Waals surface area (Å²) in [7, 11) is 0. The molecular formula is C12H9N5O3. The zero-order chi connectivity index (χ0) is 13.9. The molecule has 0 fully saturated rings. The van der Waals surface area contributed by atoms with Crippen LogP contribution in [-0.2, 0) is 6.54 Å². The highest BCUT2D eigenvalue weighted by Crippen LogP contribution is 2.16. The molecule has 8 nitrogen and oxygen atoms in total. The molecule has 0 amide bonds. The van der Waals surface area contributed by atoms with E-state index in [1.807, 2.05) is 30.3 Å². The van der Waals surface area contributed by atoms with Gasteiger partial charge in [-0.3, -0.25) is 0 Å². The fraction of sp³-hybridized carbons (Fsp3) is 0.0833. The summed E-state index contributed by atoms with van der Waals surface area (Å²) in [5.41, 5.74) is 0.688. The Labute approximate surface area is 112 Å². The van der Waals surface area contributed by atoms with Gasteiger partial charge in [-0.15, -0.1) is 5.10 Å². The van der Waals surface area contributed by atoms with Crippen molar-refractivity contribution in [1.82, 2.24) is 25.1 Å². The monoisotopic (exact) mass is 271 g/mol. The van der Waals surface area contributed by atoms with Gasteiger partial charge in [0, 0.05) is 5.56 Å². The molecule has 2 aromatic heterocycles. The van der Waals surface area contributed by atoms with Crippen molar-refractivity contribution in [3.05, 3.63) is 48.0 Å². The molecule has 20 heavy (non-hydrogen) atoms. The third kappa shape index (κ3) is 2.39. The number of aromatic nitrogens is 5. The normalized spacial score (nSPS) is 10.6. The maximum Gasteiger partial charge on any atom is 0.358 e. The molecule has 0 aliphatic carbocycles. The Balaban J connectivity index is 1.78. The number of hydrogen-bond donors (Lipinski definition) is 1. The van der Waals surface area contributed by atoms with E-state index in [4.69, 9.17) is 9.63 Å². The first kappa shape index (κ1) is 12.0. The number of carbonyl (C=O) groups is 1. The summed E-state index contributed by atoms with van der Waals surface area (Å²) in [4.78, 5) is 14.9. The standard InChI is InChI=1S/C12H9N5O3/c18-12(19)9-6-17(16-14-9)7-10-13-11(20-15-10)8-4-2-1-3-5-8/h1-6H,7H2,(H,18,19). The molecule has 0 bridgehead atoms. The third-order valence-electron chi connectivity index (χ3n) is 2.55. The van der Waals surface area contributed by atoms with E-state index in [0.717, 1.165) is 5.56 Å². The zero-order valence-electron chi connectivity index (χ0n) is 10.2. The fourth-order valence-electron chi connectivity index (χ4n) is 1.63. The molecular weight excluding hydrogens is 262 g/mol. The molecule has 0 unspecified atom stereocenters. The van der Waals surface area contributed by atoms with Gasteiger partial charge in [0.25, 0.3) is 5.89 Å². The Hall–Kier alpha value is -3.03. The minimum atomic E-state index is -1.13. The number of aromatic carboxylic acids is 1. The van der Waals surface area contributed by atoms with E-state index in [1.54, 1.807) is 0 Å². The molecule has 0 saturated carbocycles. The van der Waals surface area contributed by atoms with E-state index in [9.17, 15) is 4.79 Å². The second kappa shape index (κ2) is 4.92. The van der Waals surface area contributed by atoms with Crippen molar-refractivity contribution in [2.45, 2.75) is 6.54 Å². The number of hydrogen-bond acceptors (Lipinski definition) is 6. The lowest BCUT2D eigenvalue weighted by atomic mass is 10.2. The van der Waals surface area contributed by atoms with E-state index in [1.165, 1.54) is 10.9 Å². The maximum absolute atomic E-state index is 10.7. The van der Waals surface area contributed by atoms with Crippen LogP contribution >= 0.6 is 0 Å². The van der Waals surface area contributed by atoms with Crippen molar-refractivity contribution in [1.29, 1.82) is 0 Å². The van der Waals surface area contributed by atoms with Crippen molar-refractivity contribution >= 4 is 5.97 Å². The summed E-state index contributed by atoms with van der Waals surface area (Å²) in [6, 6.07) is 9.35. The molecule has 0 spiro atoms. The van der Waals surface area contributed by atoms with Crippen molar-refractivity contribution < 1.29 is 14.4 Å². The second-order valence-corrected chi connectivity index (χ2v) is 3.99. The summed E-state index contributed by atoms with van der Waals surface area (Å²) >= 11 is 0. The van der Waals surface area contributed by atoms with Crippen LogP contribution in [-0.4, -0.2) is 36.2 Å². The number of carboxylic acids is 1. The second-order valence-electron chi connectivity index (χ2n) is 3.99. The number of nitrogens with zero attached hydrogens (tertiary/aromatic N) is 5. The van der Waals surface area contributed by atoms with Crippen LogP contribution in [0.5, 0.6) is 0 Å². The van der Waals surface area contributed by atoms with Crippen LogP contribution in [0, 0.1) is 0 Å². The minimum Gasteiger partial charge on any atom is -0.476 e. The predicted molar refractivity (Wildman–Crippen MR) is 65.8 cm³/mol. The van der Waals surface area contributed by atoms with Crippen LogP contribution in [0.1, 0.15) is 16.3 Å². The highest BCUT2D eigenvalue weighted by atomic mass is 16.5. The number of rotatable bonds is 4. The Morgan fingerprint density at radius 3 is 2.80 bits per heavy atom. The Morgan fingerprint density at radius 2 is 2.10 bits per heavy atom. The molecule has 3 rings (SSSR count). The van der Waals surface area contributed by atoms with Crippen molar-refractivity contribution in [3.63, 3.8) is 0 Å². The summed E-state index contributed by atoms with van der Waals surface area (Å²) in [6.45, 7) is 0.191. The summed E-state index contributed by atoms with van der Waals surface area (Å²) in [5, 5.41) is 19.8. The molecule has 0 radical (unpaired) electrons. The first-order chi connectivity index (χ1) is 9.72. The Kier molecular flexibility index (Phi) is 2.96. The Bertz CT molecular complexity index is 734. The molecule has 1 N–H and O–H groups in total. The molecule has 0 aliphatic heterocycles. The highest BCUT2D eigenvalue weighted by molar-refractivity contribution is 5.84. The highest BCUT2D eigenvalue weighted by Gasteiger charge is 2.12. The van der Waals surface area contributed by atoms with Crippen molar-refractivity contribution in [2.75, 3.05) is 0 Å². The summed E-state index contributed by atoms with van der Waals surface area (Å²) < 4.78 is 6.47. The summed E-state index contributed by atoms with van der Waals surface area (Å²) in [6.07, 6.45) is 1.31. The Morgan fingerprint density at radius 1 is 1.30 bits per heavy atom. The van der Waals surface area contributed by atoms with Gasteiger partial charge in [-0.05, 0) is 12.1 Å². The molecule has 3 aromatic rings. The first-order valence-electron chi connectivity index (χ1n) is 5.74. The predicted octanol–water partition coefficient (Wildman–Crippen LogP) is 1.07. The van der Waals surface area contributed by atoms with Gasteiger partial charge < -0.3 is 9.63 Å². The van der Waals surface area contributed by atoms with E-state index < -0.39 is 5.97 Å². The zero-order valence-corrected chi connectivity index (χ0v) is 10.2. The van der Waals surface area contributed by atoms with Crippen molar-refractivity contribution in [3.8, 4) is 11.5 Å². The summed E-state index contributed by atoms with van der Waals surface area (Å²) in [5.74, 6) is -0.334. The molecule has 0 atom stereocenters. The van der Waals surface area contributed by atoms with Gasteiger partial charge in [-0.25, -0.2) is 9.48 Å². The van der Waals surface area contributed by atoms with Crippen LogP contribution < -0.4 is 0 Å². The molecule has 1 aromatic carbocycles. The SMILES string of the molecule is O=C(O)c1cn(Cc2noc(-c3ccccc3)n2)nn1. The quantitative estimate of drug-likeness (QED) is 0.756. The maximum atomic E-state index is 10.7. The van der Waals surface area contributed by atoms with Crippen LogP contribution in [0.3, 0.4) is 0 Å².